The maximum atomic E-state index is 12.8. The molecule has 0 unspecified atom stereocenters. The molecule has 0 radical (unpaired) electrons. The molecule has 5 nitrogen and oxygen atoms in total. The highest BCUT2D eigenvalue weighted by molar-refractivity contribution is 5.97. The van der Waals surface area contributed by atoms with E-state index in [1.165, 1.54) is 5.69 Å². The number of ether oxygens (including phenoxy) is 1. The molecule has 0 bridgehead atoms. The van der Waals surface area contributed by atoms with Gasteiger partial charge in [-0.15, -0.1) is 0 Å². The maximum Gasteiger partial charge on any atom is 0.257 e. The first-order valence-electron chi connectivity index (χ1n) is 9.10. The molecule has 25 heavy (non-hydrogen) atoms. The number of aromatic nitrogens is 2. The molecule has 0 N–H and O–H groups in total. The lowest BCUT2D eigenvalue weighted by Crippen LogP contribution is -2.39. The standard InChI is InChI=1S/C20H27N3O2/c1-4-25-19-8-6-5-7-18(19)20(24)22-11-9-17(10-12-22)14-23-16(3)13-15(2)21-23/h5-8,13,17H,4,9-12,14H2,1-3H3. The quantitative estimate of drug-likeness (QED) is 0.837. The zero-order valence-electron chi connectivity index (χ0n) is 15.4. The lowest BCUT2D eigenvalue weighted by atomic mass is 9.96. The van der Waals surface area contributed by atoms with Crippen LogP contribution in [0.2, 0.25) is 0 Å². The van der Waals surface area contributed by atoms with Gasteiger partial charge in [0.2, 0.25) is 0 Å². The molecule has 1 aliphatic rings. The number of hydrogen-bond donors (Lipinski definition) is 0. The molecule has 0 saturated carbocycles. The fourth-order valence-corrected chi connectivity index (χ4v) is 3.52. The average molecular weight is 341 g/mol. The van der Waals surface area contributed by atoms with Crippen molar-refractivity contribution >= 4 is 5.91 Å². The summed E-state index contributed by atoms with van der Waals surface area (Å²) in [5, 5.41) is 4.56. The highest BCUT2D eigenvalue weighted by Gasteiger charge is 2.26. The van der Waals surface area contributed by atoms with Gasteiger partial charge in [0.15, 0.2) is 0 Å². The summed E-state index contributed by atoms with van der Waals surface area (Å²) in [6, 6.07) is 9.64. The predicted molar refractivity (Wildman–Crippen MR) is 97.9 cm³/mol. The summed E-state index contributed by atoms with van der Waals surface area (Å²) >= 11 is 0. The number of carbonyl (C=O) groups is 1. The van der Waals surface area contributed by atoms with E-state index in [2.05, 4.69) is 22.8 Å². The van der Waals surface area contributed by atoms with Crippen LogP contribution in [0.4, 0.5) is 0 Å². The number of para-hydroxylation sites is 1. The fourth-order valence-electron chi connectivity index (χ4n) is 3.52. The highest BCUT2D eigenvalue weighted by Crippen LogP contribution is 2.25. The summed E-state index contributed by atoms with van der Waals surface area (Å²) in [7, 11) is 0. The molecule has 1 amide bonds. The summed E-state index contributed by atoms with van der Waals surface area (Å²) in [5.41, 5.74) is 2.95. The van der Waals surface area contributed by atoms with Gasteiger partial charge in [0.25, 0.3) is 5.91 Å². The van der Waals surface area contributed by atoms with Crippen molar-refractivity contribution in [2.45, 2.75) is 40.2 Å². The second-order valence-corrected chi connectivity index (χ2v) is 6.77. The Morgan fingerprint density at radius 1 is 1.24 bits per heavy atom. The minimum absolute atomic E-state index is 0.0774. The van der Waals surface area contributed by atoms with Crippen molar-refractivity contribution in [1.29, 1.82) is 0 Å². The number of likely N-dealkylation sites (tertiary alicyclic amines) is 1. The zero-order valence-corrected chi connectivity index (χ0v) is 15.4. The van der Waals surface area contributed by atoms with Crippen LogP contribution in [0.1, 0.15) is 41.5 Å². The van der Waals surface area contributed by atoms with Gasteiger partial charge in [-0.3, -0.25) is 9.48 Å². The number of rotatable bonds is 5. The molecule has 0 spiro atoms. The molecule has 2 aromatic rings. The second kappa shape index (κ2) is 7.72. The van der Waals surface area contributed by atoms with E-state index in [4.69, 9.17) is 4.74 Å². The molecule has 0 atom stereocenters. The predicted octanol–water partition coefficient (Wildman–Crippen LogP) is 3.45. The van der Waals surface area contributed by atoms with Gasteiger partial charge < -0.3 is 9.64 Å². The average Bonchev–Trinajstić information content (AvgIpc) is 2.93. The summed E-state index contributed by atoms with van der Waals surface area (Å²) in [6.07, 6.45) is 2.03. The van der Waals surface area contributed by atoms with Crippen LogP contribution < -0.4 is 4.74 Å². The van der Waals surface area contributed by atoms with Crippen molar-refractivity contribution in [3.63, 3.8) is 0 Å². The van der Waals surface area contributed by atoms with Crippen LogP contribution in [-0.4, -0.2) is 40.3 Å². The molecule has 1 fully saturated rings. The fraction of sp³-hybridized carbons (Fsp3) is 0.500. The summed E-state index contributed by atoms with van der Waals surface area (Å²) < 4.78 is 7.70. The molecule has 3 rings (SSSR count). The maximum absolute atomic E-state index is 12.8. The van der Waals surface area contributed by atoms with E-state index in [0.717, 1.165) is 38.2 Å². The topological polar surface area (TPSA) is 47.4 Å². The first-order valence-corrected chi connectivity index (χ1v) is 9.10. The van der Waals surface area contributed by atoms with Crippen LogP contribution in [0.15, 0.2) is 30.3 Å². The van der Waals surface area contributed by atoms with Crippen molar-refractivity contribution in [1.82, 2.24) is 14.7 Å². The van der Waals surface area contributed by atoms with Crippen LogP contribution in [0.3, 0.4) is 0 Å². The third-order valence-corrected chi connectivity index (χ3v) is 4.85. The molecule has 1 aliphatic heterocycles. The molecular formula is C20H27N3O2. The Labute approximate surface area is 149 Å². The van der Waals surface area contributed by atoms with Crippen molar-refractivity contribution < 1.29 is 9.53 Å². The van der Waals surface area contributed by atoms with E-state index in [0.29, 0.717) is 23.8 Å². The largest absolute Gasteiger partial charge is 0.493 e. The lowest BCUT2D eigenvalue weighted by molar-refractivity contribution is 0.0677. The van der Waals surface area contributed by atoms with Gasteiger partial charge in [0.05, 0.1) is 17.9 Å². The molecule has 5 heteroatoms. The monoisotopic (exact) mass is 341 g/mol. The Balaban J connectivity index is 1.60. The van der Waals surface area contributed by atoms with Crippen LogP contribution >= 0.6 is 0 Å². The van der Waals surface area contributed by atoms with Gasteiger partial charge in [-0.05, 0) is 57.7 Å². The summed E-state index contributed by atoms with van der Waals surface area (Å²) in [4.78, 5) is 14.8. The Hall–Kier alpha value is -2.30. The van der Waals surface area contributed by atoms with E-state index in [1.54, 1.807) is 0 Å². The Bertz CT molecular complexity index is 730. The van der Waals surface area contributed by atoms with Gasteiger partial charge >= 0.3 is 0 Å². The molecule has 1 aromatic heterocycles. The van der Waals surface area contributed by atoms with Gasteiger partial charge in [0, 0.05) is 25.3 Å². The van der Waals surface area contributed by atoms with Crippen molar-refractivity contribution in [3.8, 4) is 5.75 Å². The number of amides is 1. The van der Waals surface area contributed by atoms with Crippen molar-refractivity contribution in [2.24, 2.45) is 5.92 Å². The lowest BCUT2D eigenvalue weighted by Gasteiger charge is -2.32. The van der Waals surface area contributed by atoms with Crippen LogP contribution in [0.5, 0.6) is 5.75 Å². The van der Waals surface area contributed by atoms with Gasteiger partial charge in [-0.1, -0.05) is 12.1 Å². The van der Waals surface area contributed by atoms with E-state index in [9.17, 15) is 4.79 Å². The zero-order chi connectivity index (χ0) is 17.8. The molecule has 1 aromatic carbocycles. The van der Waals surface area contributed by atoms with Crippen LogP contribution in [0.25, 0.3) is 0 Å². The molecule has 2 heterocycles. The van der Waals surface area contributed by atoms with Crippen molar-refractivity contribution in [3.05, 3.63) is 47.3 Å². The van der Waals surface area contributed by atoms with Gasteiger partial charge in [-0.2, -0.15) is 5.10 Å². The van der Waals surface area contributed by atoms with E-state index >= 15 is 0 Å². The summed E-state index contributed by atoms with van der Waals surface area (Å²) in [5.74, 6) is 1.33. The molecular weight excluding hydrogens is 314 g/mol. The normalized spacial score (nSPS) is 15.4. The van der Waals surface area contributed by atoms with Crippen molar-refractivity contribution in [2.75, 3.05) is 19.7 Å². The first-order chi connectivity index (χ1) is 12.1. The molecule has 0 aliphatic carbocycles. The third kappa shape index (κ3) is 4.03. The number of piperidine rings is 1. The number of benzene rings is 1. The van der Waals surface area contributed by atoms with E-state index < -0.39 is 0 Å². The smallest absolute Gasteiger partial charge is 0.257 e. The van der Waals surface area contributed by atoms with Gasteiger partial charge in [0.1, 0.15) is 5.75 Å². The number of carbonyl (C=O) groups excluding carboxylic acids is 1. The Morgan fingerprint density at radius 2 is 1.96 bits per heavy atom. The van der Waals surface area contributed by atoms with Crippen LogP contribution in [0, 0.1) is 19.8 Å². The number of hydrogen-bond acceptors (Lipinski definition) is 3. The number of aryl methyl sites for hydroxylation is 2. The Kier molecular flexibility index (Phi) is 5.41. The highest BCUT2D eigenvalue weighted by atomic mass is 16.5. The second-order valence-electron chi connectivity index (χ2n) is 6.77. The van der Waals surface area contributed by atoms with Gasteiger partial charge in [-0.25, -0.2) is 0 Å². The number of nitrogens with zero attached hydrogens (tertiary/aromatic N) is 3. The SMILES string of the molecule is CCOc1ccccc1C(=O)N1CCC(Cn2nc(C)cc2C)CC1. The van der Waals surface area contributed by atoms with E-state index in [-0.39, 0.29) is 5.91 Å². The Morgan fingerprint density at radius 3 is 2.60 bits per heavy atom. The van der Waals surface area contributed by atoms with Crippen LogP contribution in [-0.2, 0) is 6.54 Å². The summed E-state index contributed by atoms with van der Waals surface area (Å²) in [6.45, 7) is 9.16. The minimum Gasteiger partial charge on any atom is -0.493 e. The third-order valence-electron chi connectivity index (χ3n) is 4.85. The van der Waals surface area contributed by atoms with E-state index in [1.807, 2.05) is 43.0 Å². The molecule has 134 valence electrons. The molecule has 1 saturated heterocycles. The first kappa shape index (κ1) is 17.5. The minimum atomic E-state index is 0.0774.